The molecule has 1 heterocycles. The van der Waals surface area contributed by atoms with E-state index in [-0.39, 0.29) is 22.9 Å². The Morgan fingerprint density at radius 2 is 1.57 bits per heavy atom. The maximum absolute atomic E-state index is 11.9. The first kappa shape index (κ1) is 22.1. The van der Waals surface area contributed by atoms with Crippen molar-refractivity contribution < 1.29 is 26.3 Å². The fourth-order valence-corrected chi connectivity index (χ4v) is 2.64. The Kier molecular flexibility index (Phi) is 14.1. The van der Waals surface area contributed by atoms with Gasteiger partial charge in [0.1, 0.15) is 12.6 Å². The molecule has 23 heavy (non-hydrogen) atoms. The van der Waals surface area contributed by atoms with E-state index in [1.54, 1.807) is 0 Å². The second kappa shape index (κ2) is 14.7. The van der Waals surface area contributed by atoms with Crippen LogP contribution in [-0.4, -0.2) is 12.5 Å². The van der Waals surface area contributed by atoms with Gasteiger partial charge in [-0.15, -0.1) is 0 Å². The predicted octanol–water partition coefficient (Wildman–Crippen LogP) is 1.17. The van der Waals surface area contributed by atoms with Crippen LogP contribution in [0.3, 0.4) is 0 Å². The zero-order chi connectivity index (χ0) is 16.0. The van der Waals surface area contributed by atoms with Gasteiger partial charge in [-0.05, 0) is 12.5 Å². The molecule has 132 valence electrons. The molecule has 0 atom stereocenters. The number of unbranched alkanes of at least 4 members (excludes halogenated alkanes) is 9. The molecule has 1 N–H and O–H groups in total. The first-order chi connectivity index (χ1) is 10.7. The third-order valence-electron chi connectivity index (χ3n) is 4.02. The Hall–Kier alpha value is -0.900. The molecule has 0 unspecified atom stereocenters. The average molecular weight is 385 g/mol. The van der Waals surface area contributed by atoms with Crippen molar-refractivity contribution in [2.24, 2.45) is 7.05 Å². The quantitative estimate of drug-likeness (QED) is 0.425. The van der Waals surface area contributed by atoms with Crippen LogP contribution in [0, 0.1) is 0 Å². The summed E-state index contributed by atoms with van der Waals surface area (Å²) in [4.78, 5) is 11.9. The molecule has 3 nitrogen and oxygen atoms in total. The van der Waals surface area contributed by atoms with Crippen LogP contribution in [0.5, 0.6) is 0 Å². The van der Waals surface area contributed by atoms with Gasteiger partial charge in [-0.2, -0.15) is 0 Å². The van der Waals surface area contributed by atoms with Crippen molar-refractivity contribution in [3.63, 3.8) is 0 Å². The lowest BCUT2D eigenvalue weighted by atomic mass is 10.1. The molecule has 0 aromatic carbocycles. The van der Waals surface area contributed by atoms with E-state index in [2.05, 4.69) is 12.2 Å². The van der Waals surface area contributed by atoms with Crippen LogP contribution in [0.15, 0.2) is 24.5 Å². The molecule has 1 aromatic heterocycles. The summed E-state index contributed by atoms with van der Waals surface area (Å²) in [7, 11) is 1.93. The second-order valence-electron chi connectivity index (χ2n) is 6.20. The summed E-state index contributed by atoms with van der Waals surface area (Å²) < 4.78 is 1.90. The summed E-state index contributed by atoms with van der Waals surface area (Å²) in [6.45, 7) is 3.05. The average Bonchev–Trinajstić information content (AvgIpc) is 2.52. The maximum Gasteiger partial charge on any atom is 0.257 e. The number of carbonyl (C=O) groups is 1. The number of nitrogens with one attached hydrogen (secondary N) is 1. The van der Waals surface area contributed by atoms with Crippen LogP contribution >= 0.6 is 0 Å². The third kappa shape index (κ3) is 11.3. The summed E-state index contributed by atoms with van der Waals surface area (Å²) in [6.07, 6.45) is 17.0. The lowest BCUT2D eigenvalue weighted by molar-refractivity contribution is -0.671. The van der Waals surface area contributed by atoms with E-state index in [4.69, 9.17) is 0 Å². The van der Waals surface area contributed by atoms with Crippen molar-refractivity contribution in [1.29, 1.82) is 0 Å². The van der Waals surface area contributed by atoms with Gasteiger partial charge in [0.15, 0.2) is 12.4 Å². The molecule has 1 amide bonds. The number of hydrogen-bond donors (Lipinski definition) is 1. The first-order valence-corrected chi connectivity index (χ1v) is 8.97. The van der Waals surface area contributed by atoms with Gasteiger partial charge in [0.05, 0.1) is 0 Å². The van der Waals surface area contributed by atoms with Gasteiger partial charge in [-0.3, -0.25) is 4.79 Å². The molecule has 0 fully saturated rings. The zero-order valence-corrected chi connectivity index (χ0v) is 16.4. The molecule has 1 aromatic rings. The molecule has 0 saturated heterocycles. The van der Waals surface area contributed by atoms with Gasteiger partial charge in [-0.25, -0.2) is 4.57 Å². The highest BCUT2D eigenvalue weighted by atomic mass is 79.9. The Morgan fingerprint density at radius 1 is 1.00 bits per heavy atom. The smallest absolute Gasteiger partial charge is 0.257 e. The number of amides is 1. The van der Waals surface area contributed by atoms with Crippen LogP contribution < -0.4 is 26.9 Å². The number of aromatic nitrogens is 1. The van der Waals surface area contributed by atoms with Crippen molar-refractivity contribution in [2.45, 2.75) is 71.1 Å². The lowest BCUT2D eigenvalue weighted by Gasteiger charge is -2.05. The summed E-state index contributed by atoms with van der Waals surface area (Å²) >= 11 is 0. The topological polar surface area (TPSA) is 33.0 Å². The van der Waals surface area contributed by atoms with Gasteiger partial charge in [0, 0.05) is 12.6 Å². The van der Waals surface area contributed by atoms with Crippen LogP contribution in [0.2, 0.25) is 0 Å². The van der Waals surface area contributed by atoms with E-state index < -0.39 is 0 Å². The molecule has 0 aliphatic rings. The Balaban J connectivity index is 0.00000484. The number of pyridine rings is 1. The van der Waals surface area contributed by atoms with Crippen LogP contribution in [0.25, 0.3) is 0 Å². The van der Waals surface area contributed by atoms with E-state index in [9.17, 15) is 4.79 Å². The van der Waals surface area contributed by atoms with Crippen molar-refractivity contribution in [1.82, 2.24) is 5.32 Å². The molecule has 0 radical (unpaired) electrons. The fraction of sp³-hybridized carbons (Fsp3) is 0.684. The van der Waals surface area contributed by atoms with Crippen LogP contribution in [0.4, 0.5) is 0 Å². The highest BCUT2D eigenvalue weighted by Gasteiger charge is 2.07. The summed E-state index contributed by atoms with van der Waals surface area (Å²) in [5.74, 6) is 0.0344. The SMILES string of the molecule is CCCCCCCCCCCCNC(=O)c1ccc[n+](C)c1.[Br-]. The van der Waals surface area contributed by atoms with E-state index in [0.29, 0.717) is 0 Å². The normalized spacial score (nSPS) is 10.2. The van der Waals surface area contributed by atoms with Gasteiger partial charge in [-0.1, -0.05) is 64.7 Å². The zero-order valence-electron chi connectivity index (χ0n) is 14.8. The number of halogens is 1. The van der Waals surface area contributed by atoms with Crippen molar-refractivity contribution in [2.75, 3.05) is 6.54 Å². The summed E-state index contributed by atoms with van der Waals surface area (Å²) in [5.41, 5.74) is 0.733. The Labute approximate surface area is 152 Å². The Morgan fingerprint density at radius 3 is 2.13 bits per heavy atom. The van der Waals surface area contributed by atoms with Crippen molar-refractivity contribution >= 4 is 5.91 Å². The summed E-state index contributed by atoms with van der Waals surface area (Å²) in [5, 5.41) is 3.00. The number of aryl methyl sites for hydroxylation is 1. The highest BCUT2D eigenvalue weighted by molar-refractivity contribution is 5.93. The molecular formula is C19H33BrN2O. The summed E-state index contributed by atoms with van der Waals surface area (Å²) in [6, 6.07) is 3.75. The van der Waals surface area contributed by atoms with Gasteiger partial charge < -0.3 is 22.3 Å². The van der Waals surface area contributed by atoms with Gasteiger partial charge >= 0.3 is 0 Å². The molecule has 0 aliphatic carbocycles. The number of rotatable bonds is 12. The predicted molar refractivity (Wildman–Crippen MR) is 91.8 cm³/mol. The Bertz CT molecular complexity index is 424. The van der Waals surface area contributed by atoms with Gasteiger partial charge in [0.2, 0.25) is 0 Å². The second-order valence-corrected chi connectivity index (χ2v) is 6.20. The fourth-order valence-electron chi connectivity index (χ4n) is 2.64. The minimum atomic E-state index is 0. The lowest BCUT2D eigenvalue weighted by Crippen LogP contribution is -3.00. The largest absolute Gasteiger partial charge is 1.00 e. The van der Waals surface area contributed by atoms with Crippen LogP contribution in [0.1, 0.15) is 81.5 Å². The number of nitrogens with zero attached hydrogens (tertiary/aromatic N) is 1. The van der Waals surface area contributed by atoms with E-state index in [1.165, 1.54) is 57.8 Å². The molecule has 0 aliphatic heterocycles. The molecule has 0 saturated carbocycles. The van der Waals surface area contributed by atoms with Gasteiger partial charge in [0.25, 0.3) is 5.91 Å². The molecule has 1 rings (SSSR count). The minimum absolute atomic E-state index is 0. The third-order valence-corrected chi connectivity index (χ3v) is 4.02. The van der Waals surface area contributed by atoms with Crippen LogP contribution in [-0.2, 0) is 7.05 Å². The van der Waals surface area contributed by atoms with Crippen molar-refractivity contribution in [3.8, 4) is 0 Å². The standard InChI is InChI=1S/C19H32N2O.BrH/c1-3-4-5-6-7-8-9-10-11-12-15-20-19(22)18-14-13-16-21(2)17-18;/h13-14,16-17H,3-12,15H2,1-2H3;1H. The van der Waals surface area contributed by atoms with E-state index >= 15 is 0 Å². The monoisotopic (exact) mass is 384 g/mol. The van der Waals surface area contributed by atoms with E-state index in [0.717, 1.165) is 18.5 Å². The number of carbonyl (C=O) groups excluding carboxylic acids is 1. The maximum atomic E-state index is 11.9. The minimum Gasteiger partial charge on any atom is -1.00 e. The van der Waals surface area contributed by atoms with E-state index in [1.807, 2.05) is 36.1 Å². The first-order valence-electron chi connectivity index (χ1n) is 8.97. The number of hydrogen-bond acceptors (Lipinski definition) is 1. The molecule has 0 bridgehead atoms. The van der Waals surface area contributed by atoms with Crippen molar-refractivity contribution in [3.05, 3.63) is 30.1 Å². The molecule has 4 heteroatoms. The molecule has 0 spiro atoms. The highest BCUT2D eigenvalue weighted by Crippen LogP contribution is 2.10. The molecular weight excluding hydrogens is 352 g/mol.